The van der Waals surface area contributed by atoms with Crippen LogP contribution in [0, 0.1) is 0 Å². The zero-order chi connectivity index (χ0) is 18.6. The Balaban J connectivity index is 1.50. The first kappa shape index (κ1) is 18.5. The summed E-state index contributed by atoms with van der Waals surface area (Å²) in [6.45, 7) is 6.60. The molecule has 0 spiro atoms. The molecule has 0 radical (unpaired) electrons. The maximum atomic E-state index is 6.42. The van der Waals surface area contributed by atoms with Crippen LogP contribution in [-0.2, 0) is 13.0 Å². The highest BCUT2D eigenvalue weighted by Gasteiger charge is 2.15. The van der Waals surface area contributed by atoms with Crippen LogP contribution in [0.2, 0.25) is 5.02 Å². The molecule has 142 valence electrons. The number of halogens is 1. The number of hydrogen-bond donors (Lipinski definition) is 0. The molecule has 3 aromatic rings. The molecule has 1 aliphatic rings. The molecule has 0 N–H and O–H groups in total. The van der Waals surface area contributed by atoms with Gasteiger partial charge in [-0.2, -0.15) is 0 Å². The number of aryl methyl sites for hydroxylation is 1. The van der Waals surface area contributed by atoms with Crippen molar-refractivity contribution in [1.82, 2.24) is 19.4 Å². The monoisotopic (exact) mass is 382 g/mol. The molecule has 0 atom stereocenters. The molecule has 2 heterocycles. The first-order valence-electron chi connectivity index (χ1n) is 9.79. The maximum absolute atomic E-state index is 6.42. The lowest BCUT2D eigenvalue weighted by atomic mass is 10.2. The first-order chi connectivity index (χ1) is 13.2. The van der Waals surface area contributed by atoms with Crippen LogP contribution in [0.15, 0.2) is 48.5 Å². The predicted molar refractivity (Wildman–Crippen MR) is 113 cm³/mol. The van der Waals surface area contributed by atoms with Crippen molar-refractivity contribution in [3.8, 4) is 0 Å². The SMILES string of the molecule is CN1CCN(CCCc2nc3ccccc3n2Cc2ccccc2Cl)CC1. The third kappa shape index (κ3) is 4.34. The average molecular weight is 383 g/mol. The third-order valence-corrected chi connectivity index (χ3v) is 5.86. The van der Waals surface area contributed by atoms with Gasteiger partial charge >= 0.3 is 0 Å². The van der Waals surface area contributed by atoms with Crippen LogP contribution in [0.1, 0.15) is 17.8 Å². The van der Waals surface area contributed by atoms with Gasteiger partial charge in [0.15, 0.2) is 0 Å². The number of aromatic nitrogens is 2. The minimum absolute atomic E-state index is 0.768. The van der Waals surface area contributed by atoms with Crippen molar-refractivity contribution in [2.24, 2.45) is 0 Å². The Morgan fingerprint density at radius 3 is 2.52 bits per heavy atom. The van der Waals surface area contributed by atoms with E-state index in [9.17, 15) is 0 Å². The summed E-state index contributed by atoms with van der Waals surface area (Å²) < 4.78 is 2.33. The normalized spacial score (nSPS) is 16.2. The van der Waals surface area contributed by atoms with Crippen molar-refractivity contribution < 1.29 is 0 Å². The van der Waals surface area contributed by atoms with Crippen molar-refractivity contribution in [3.63, 3.8) is 0 Å². The molecule has 5 heteroatoms. The molecule has 0 amide bonds. The predicted octanol–water partition coefficient (Wildman–Crippen LogP) is 3.92. The second-order valence-electron chi connectivity index (χ2n) is 7.44. The smallest absolute Gasteiger partial charge is 0.110 e. The van der Waals surface area contributed by atoms with Crippen LogP contribution in [0.5, 0.6) is 0 Å². The largest absolute Gasteiger partial charge is 0.323 e. The van der Waals surface area contributed by atoms with Crippen LogP contribution >= 0.6 is 11.6 Å². The van der Waals surface area contributed by atoms with E-state index in [0.29, 0.717) is 0 Å². The lowest BCUT2D eigenvalue weighted by Crippen LogP contribution is -2.44. The molecule has 4 rings (SSSR count). The fourth-order valence-corrected chi connectivity index (χ4v) is 4.02. The van der Waals surface area contributed by atoms with E-state index in [-0.39, 0.29) is 0 Å². The number of imidazole rings is 1. The van der Waals surface area contributed by atoms with Gasteiger partial charge in [-0.05, 0) is 43.8 Å². The van der Waals surface area contributed by atoms with Gasteiger partial charge in [0.05, 0.1) is 17.6 Å². The van der Waals surface area contributed by atoms with E-state index in [1.807, 2.05) is 18.2 Å². The summed E-state index contributed by atoms with van der Waals surface area (Å²) in [4.78, 5) is 9.90. The Labute approximate surface area is 166 Å². The summed E-state index contributed by atoms with van der Waals surface area (Å²) in [7, 11) is 2.20. The molecule has 2 aromatic carbocycles. The molecule has 1 fully saturated rings. The summed E-state index contributed by atoms with van der Waals surface area (Å²) in [5.74, 6) is 1.16. The van der Waals surface area contributed by atoms with Gasteiger partial charge in [0, 0.05) is 37.6 Å². The number of likely N-dealkylation sites (N-methyl/N-ethyl adjacent to an activating group) is 1. The number of benzene rings is 2. The van der Waals surface area contributed by atoms with Gasteiger partial charge in [-0.3, -0.25) is 0 Å². The van der Waals surface area contributed by atoms with Crippen molar-refractivity contribution >= 4 is 22.6 Å². The molecule has 4 nitrogen and oxygen atoms in total. The second kappa shape index (κ2) is 8.42. The molecule has 0 saturated carbocycles. The maximum Gasteiger partial charge on any atom is 0.110 e. The number of nitrogens with zero attached hydrogens (tertiary/aromatic N) is 4. The molecular weight excluding hydrogens is 356 g/mol. The zero-order valence-electron chi connectivity index (χ0n) is 15.9. The molecule has 0 bridgehead atoms. The van der Waals surface area contributed by atoms with Crippen molar-refractivity contribution in [3.05, 3.63) is 64.9 Å². The van der Waals surface area contributed by atoms with Gasteiger partial charge < -0.3 is 14.4 Å². The van der Waals surface area contributed by atoms with Crippen LogP contribution in [0.25, 0.3) is 11.0 Å². The van der Waals surface area contributed by atoms with Gasteiger partial charge in [0.25, 0.3) is 0 Å². The minimum atomic E-state index is 0.768. The Kier molecular flexibility index (Phi) is 5.77. The van der Waals surface area contributed by atoms with Crippen LogP contribution in [-0.4, -0.2) is 59.1 Å². The van der Waals surface area contributed by atoms with Gasteiger partial charge in [-0.25, -0.2) is 4.98 Å². The van der Waals surface area contributed by atoms with Crippen LogP contribution in [0.4, 0.5) is 0 Å². The number of hydrogen-bond acceptors (Lipinski definition) is 3. The van der Waals surface area contributed by atoms with Gasteiger partial charge in [0.2, 0.25) is 0 Å². The van der Waals surface area contributed by atoms with Crippen LogP contribution in [0.3, 0.4) is 0 Å². The number of para-hydroxylation sites is 2. The number of fused-ring (bicyclic) bond motifs is 1. The van der Waals surface area contributed by atoms with E-state index in [0.717, 1.165) is 47.9 Å². The zero-order valence-corrected chi connectivity index (χ0v) is 16.7. The number of piperazine rings is 1. The van der Waals surface area contributed by atoms with Crippen molar-refractivity contribution in [2.45, 2.75) is 19.4 Å². The topological polar surface area (TPSA) is 24.3 Å². The molecular formula is C22H27ClN4. The number of rotatable bonds is 6. The van der Waals surface area contributed by atoms with Crippen LogP contribution < -0.4 is 0 Å². The lowest BCUT2D eigenvalue weighted by Gasteiger charge is -2.32. The van der Waals surface area contributed by atoms with Gasteiger partial charge in [-0.1, -0.05) is 41.9 Å². The molecule has 1 aromatic heterocycles. The summed E-state index contributed by atoms with van der Waals surface area (Å²) in [5, 5.41) is 0.818. The minimum Gasteiger partial charge on any atom is -0.323 e. The third-order valence-electron chi connectivity index (χ3n) is 5.49. The van der Waals surface area contributed by atoms with E-state index < -0.39 is 0 Å². The van der Waals surface area contributed by atoms with Gasteiger partial charge in [-0.15, -0.1) is 0 Å². The van der Waals surface area contributed by atoms with E-state index in [4.69, 9.17) is 16.6 Å². The van der Waals surface area contributed by atoms with E-state index in [2.05, 4.69) is 51.7 Å². The van der Waals surface area contributed by atoms with E-state index in [1.165, 1.54) is 31.7 Å². The molecule has 27 heavy (non-hydrogen) atoms. The highest BCUT2D eigenvalue weighted by Crippen LogP contribution is 2.22. The summed E-state index contributed by atoms with van der Waals surface area (Å²) >= 11 is 6.42. The highest BCUT2D eigenvalue weighted by molar-refractivity contribution is 6.31. The second-order valence-corrected chi connectivity index (χ2v) is 7.85. The Morgan fingerprint density at radius 2 is 1.70 bits per heavy atom. The molecule has 1 aliphatic heterocycles. The average Bonchev–Trinajstić information content (AvgIpc) is 3.03. The first-order valence-corrected chi connectivity index (χ1v) is 10.2. The van der Waals surface area contributed by atoms with Crippen molar-refractivity contribution in [2.75, 3.05) is 39.8 Å². The summed E-state index contributed by atoms with van der Waals surface area (Å²) in [6, 6.07) is 16.5. The molecule has 0 unspecified atom stereocenters. The molecule has 1 saturated heterocycles. The lowest BCUT2D eigenvalue weighted by molar-refractivity contribution is 0.152. The Bertz CT molecular complexity index is 896. The van der Waals surface area contributed by atoms with Crippen molar-refractivity contribution in [1.29, 1.82) is 0 Å². The fourth-order valence-electron chi connectivity index (χ4n) is 3.82. The van der Waals surface area contributed by atoms with E-state index >= 15 is 0 Å². The Morgan fingerprint density at radius 1 is 0.963 bits per heavy atom. The van der Waals surface area contributed by atoms with Gasteiger partial charge in [0.1, 0.15) is 5.82 Å². The fraction of sp³-hybridized carbons (Fsp3) is 0.409. The quantitative estimate of drug-likeness (QED) is 0.645. The summed E-state index contributed by atoms with van der Waals surface area (Å²) in [6.07, 6.45) is 2.13. The Hall–Kier alpha value is -1.88. The molecule has 0 aliphatic carbocycles. The highest BCUT2D eigenvalue weighted by atomic mass is 35.5. The summed E-state index contributed by atoms with van der Waals surface area (Å²) in [5.41, 5.74) is 3.40. The standard InChI is InChI=1S/C22H27ClN4/c1-25-13-15-26(16-14-25)12-6-11-22-24-20-9-4-5-10-21(20)27(22)17-18-7-2-3-8-19(18)23/h2-5,7-10H,6,11-17H2,1H3. The van der Waals surface area contributed by atoms with E-state index in [1.54, 1.807) is 0 Å².